The van der Waals surface area contributed by atoms with E-state index in [9.17, 15) is 8.42 Å². The van der Waals surface area contributed by atoms with Crippen molar-refractivity contribution < 1.29 is 17.9 Å². The molecule has 1 heterocycles. The minimum absolute atomic E-state index is 0.0370. The summed E-state index contributed by atoms with van der Waals surface area (Å²) in [4.78, 5) is -0.150. The van der Waals surface area contributed by atoms with Gasteiger partial charge in [-0.3, -0.25) is 0 Å². The lowest BCUT2D eigenvalue weighted by Gasteiger charge is -2.20. The van der Waals surface area contributed by atoms with Crippen LogP contribution in [0, 0.1) is 0 Å². The average molecular weight is 354 g/mol. The Balaban J connectivity index is 2.11. The number of rotatable bonds is 4. The van der Waals surface area contributed by atoms with Gasteiger partial charge in [0.15, 0.2) is 5.75 Å². The Kier molecular flexibility index (Phi) is 4.75. The van der Waals surface area contributed by atoms with E-state index in [1.807, 2.05) is 13.8 Å². The topological polar surface area (TPSA) is 78.6 Å². The summed E-state index contributed by atoms with van der Waals surface area (Å²) in [5, 5.41) is 5.24. The molecular weight excluding hydrogens is 337 g/mol. The van der Waals surface area contributed by atoms with Gasteiger partial charge in [0.05, 0.1) is 26.6 Å². The highest BCUT2D eigenvalue weighted by molar-refractivity contribution is 7.89. The predicted octanol–water partition coefficient (Wildman–Crippen LogP) is 2.98. The van der Waals surface area contributed by atoms with Crippen molar-refractivity contribution in [2.24, 2.45) is 5.14 Å². The quantitative estimate of drug-likeness (QED) is 0.902. The number of primary sulfonamides is 1. The smallest absolute Gasteiger partial charge is 0.238 e. The molecule has 1 saturated heterocycles. The van der Waals surface area contributed by atoms with Crippen LogP contribution in [0.3, 0.4) is 0 Å². The molecule has 8 heteroatoms. The normalized spacial score (nSPS) is 21.5. The molecule has 2 N–H and O–H groups in total. The number of benzene rings is 1. The summed E-state index contributed by atoms with van der Waals surface area (Å²) < 4.78 is 34.0. The zero-order valence-corrected chi connectivity index (χ0v) is 14.1. The van der Waals surface area contributed by atoms with Crippen molar-refractivity contribution in [3.05, 3.63) is 22.2 Å². The summed E-state index contributed by atoms with van der Waals surface area (Å²) in [5.74, 6) is 0.235. The molecule has 0 saturated carbocycles. The molecule has 0 aromatic heterocycles. The summed E-state index contributed by atoms with van der Waals surface area (Å²) in [5.41, 5.74) is -0.154. The van der Waals surface area contributed by atoms with Crippen LogP contribution in [0.5, 0.6) is 5.75 Å². The molecule has 1 aromatic carbocycles. The first-order valence-corrected chi connectivity index (χ1v) is 8.71. The van der Waals surface area contributed by atoms with Crippen molar-refractivity contribution in [1.29, 1.82) is 0 Å². The van der Waals surface area contributed by atoms with E-state index in [0.29, 0.717) is 6.61 Å². The Morgan fingerprint density at radius 1 is 1.38 bits per heavy atom. The van der Waals surface area contributed by atoms with E-state index in [0.717, 1.165) is 12.8 Å². The first-order chi connectivity index (χ1) is 9.58. The fraction of sp³-hybridized carbons (Fsp3) is 0.538. The molecule has 1 aromatic rings. The van der Waals surface area contributed by atoms with Crippen molar-refractivity contribution >= 4 is 33.2 Å². The van der Waals surface area contributed by atoms with Gasteiger partial charge in [-0.25, -0.2) is 13.6 Å². The highest BCUT2D eigenvalue weighted by Crippen LogP contribution is 2.36. The first-order valence-electron chi connectivity index (χ1n) is 6.41. The van der Waals surface area contributed by atoms with Crippen LogP contribution in [-0.2, 0) is 14.8 Å². The molecule has 0 bridgehead atoms. The fourth-order valence-corrected chi connectivity index (χ4v) is 3.50. The number of sulfonamides is 1. The van der Waals surface area contributed by atoms with Gasteiger partial charge in [0.1, 0.15) is 6.61 Å². The van der Waals surface area contributed by atoms with Crippen LogP contribution in [0.1, 0.15) is 26.7 Å². The Labute approximate surface area is 134 Å². The molecule has 118 valence electrons. The summed E-state index contributed by atoms with van der Waals surface area (Å²) in [6.45, 7) is 4.35. The second kappa shape index (κ2) is 5.93. The molecule has 0 radical (unpaired) electrons. The van der Waals surface area contributed by atoms with Crippen molar-refractivity contribution in [2.45, 2.75) is 43.3 Å². The molecule has 0 aliphatic carbocycles. The van der Waals surface area contributed by atoms with Crippen molar-refractivity contribution in [3.63, 3.8) is 0 Å². The Morgan fingerprint density at radius 2 is 1.95 bits per heavy atom. The van der Waals surface area contributed by atoms with E-state index in [2.05, 4.69) is 0 Å². The third-order valence-electron chi connectivity index (χ3n) is 3.27. The lowest BCUT2D eigenvalue weighted by molar-refractivity contribution is -0.0326. The summed E-state index contributed by atoms with van der Waals surface area (Å²) in [7, 11) is -3.86. The molecule has 2 rings (SSSR count). The predicted molar refractivity (Wildman–Crippen MR) is 81.5 cm³/mol. The van der Waals surface area contributed by atoms with Crippen LogP contribution in [0.15, 0.2) is 17.0 Å². The van der Waals surface area contributed by atoms with Crippen LogP contribution < -0.4 is 9.88 Å². The lowest BCUT2D eigenvalue weighted by atomic mass is 10.1. The van der Waals surface area contributed by atoms with Crippen molar-refractivity contribution in [3.8, 4) is 5.75 Å². The molecule has 21 heavy (non-hydrogen) atoms. The fourth-order valence-electron chi connectivity index (χ4n) is 2.21. The van der Waals surface area contributed by atoms with Gasteiger partial charge >= 0.3 is 0 Å². The number of halogens is 2. The van der Waals surface area contributed by atoms with E-state index in [4.69, 9.17) is 37.8 Å². The summed E-state index contributed by atoms with van der Waals surface area (Å²) in [6.07, 6.45) is 1.80. The largest absolute Gasteiger partial charge is 0.488 e. The van der Waals surface area contributed by atoms with Gasteiger partial charge in [0, 0.05) is 0 Å². The lowest BCUT2D eigenvalue weighted by Crippen LogP contribution is -2.24. The van der Waals surface area contributed by atoms with Crippen LogP contribution in [0.2, 0.25) is 10.0 Å². The van der Waals surface area contributed by atoms with Gasteiger partial charge in [0.25, 0.3) is 0 Å². The third-order valence-corrected chi connectivity index (χ3v) is 4.72. The van der Waals surface area contributed by atoms with Gasteiger partial charge in [-0.2, -0.15) is 0 Å². The molecule has 0 amide bonds. The van der Waals surface area contributed by atoms with Crippen LogP contribution in [0.25, 0.3) is 0 Å². The molecule has 5 nitrogen and oxygen atoms in total. The molecule has 1 unspecified atom stereocenters. The van der Waals surface area contributed by atoms with Crippen LogP contribution in [-0.4, -0.2) is 26.7 Å². The number of hydrogen-bond donors (Lipinski definition) is 1. The van der Waals surface area contributed by atoms with Gasteiger partial charge in [0.2, 0.25) is 10.0 Å². The molecular formula is C13H17Cl2NO4S. The van der Waals surface area contributed by atoms with Gasteiger partial charge in [-0.1, -0.05) is 23.2 Å². The monoisotopic (exact) mass is 353 g/mol. The van der Waals surface area contributed by atoms with Crippen LogP contribution >= 0.6 is 23.2 Å². The number of hydrogen-bond acceptors (Lipinski definition) is 4. The van der Waals surface area contributed by atoms with Gasteiger partial charge in [-0.15, -0.1) is 0 Å². The van der Waals surface area contributed by atoms with E-state index in [1.165, 1.54) is 12.1 Å². The summed E-state index contributed by atoms with van der Waals surface area (Å²) >= 11 is 12.0. The van der Waals surface area contributed by atoms with Gasteiger partial charge in [-0.05, 0) is 38.8 Å². The maximum absolute atomic E-state index is 11.3. The molecule has 1 fully saturated rings. The molecule has 0 spiro atoms. The molecule has 1 aliphatic rings. The van der Waals surface area contributed by atoms with Crippen LogP contribution in [0.4, 0.5) is 0 Å². The second-order valence-electron chi connectivity index (χ2n) is 5.61. The number of nitrogens with two attached hydrogens (primary N) is 1. The minimum atomic E-state index is -3.86. The Hall–Kier alpha value is -0.530. The zero-order valence-electron chi connectivity index (χ0n) is 11.7. The van der Waals surface area contributed by atoms with E-state index in [-0.39, 0.29) is 32.4 Å². The molecule has 1 aliphatic heterocycles. The van der Waals surface area contributed by atoms with Gasteiger partial charge < -0.3 is 9.47 Å². The highest BCUT2D eigenvalue weighted by Gasteiger charge is 2.32. The Morgan fingerprint density at radius 3 is 2.38 bits per heavy atom. The highest BCUT2D eigenvalue weighted by atomic mass is 35.5. The zero-order chi connectivity index (χ0) is 15.8. The SMILES string of the molecule is CC1(C)CCC(COc2c(Cl)cc(S(N)(=O)=O)cc2Cl)O1. The third kappa shape index (κ3) is 4.23. The number of ether oxygens (including phenoxy) is 2. The maximum atomic E-state index is 11.3. The maximum Gasteiger partial charge on any atom is 0.238 e. The second-order valence-corrected chi connectivity index (χ2v) is 7.99. The standard InChI is InChI=1S/C13H17Cl2NO4S/c1-13(2)4-3-8(20-13)7-19-12-10(14)5-9(6-11(12)15)21(16,17)18/h5-6,8H,3-4,7H2,1-2H3,(H2,16,17,18). The van der Waals surface area contributed by atoms with Crippen molar-refractivity contribution in [2.75, 3.05) is 6.61 Å². The van der Waals surface area contributed by atoms with E-state index in [1.54, 1.807) is 0 Å². The van der Waals surface area contributed by atoms with Crippen molar-refractivity contribution in [1.82, 2.24) is 0 Å². The van der Waals surface area contributed by atoms with E-state index < -0.39 is 10.0 Å². The summed E-state index contributed by atoms with van der Waals surface area (Å²) in [6, 6.07) is 2.44. The molecule has 1 atom stereocenters. The first kappa shape index (κ1) is 16.8. The average Bonchev–Trinajstić information content (AvgIpc) is 2.66. The minimum Gasteiger partial charge on any atom is -0.488 e. The Bertz CT molecular complexity index is 623. The van der Waals surface area contributed by atoms with E-state index >= 15 is 0 Å².